The van der Waals surface area contributed by atoms with E-state index in [4.69, 9.17) is 5.73 Å². The predicted octanol–water partition coefficient (Wildman–Crippen LogP) is 2.22. The van der Waals surface area contributed by atoms with Crippen LogP contribution in [0.25, 0.3) is 0 Å². The van der Waals surface area contributed by atoms with Gasteiger partial charge in [-0.15, -0.1) is 0 Å². The first-order valence-corrected chi connectivity index (χ1v) is 6.61. The van der Waals surface area contributed by atoms with Crippen LogP contribution in [0.5, 0.6) is 0 Å². The van der Waals surface area contributed by atoms with Gasteiger partial charge in [0.2, 0.25) is 5.91 Å². The first-order chi connectivity index (χ1) is 8.51. The van der Waals surface area contributed by atoms with Crippen molar-refractivity contribution in [3.63, 3.8) is 0 Å². The molecule has 0 saturated heterocycles. The first-order valence-electron chi connectivity index (χ1n) is 6.61. The summed E-state index contributed by atoms with van der Waals surface area (Å²) in [6, 6.07) is 8.27. The van der Waals surface area contributed by atoms with Crippen LogP contribution in [-0.2, 0) is 11.3 Å². The Kier molecular flexibility index (Phi) is 3.71. The smallest absolute Gasteiger partial charge is 0.242 e. The summed E-state index contributed by atoms with van der Waals surface area (Å²) in [6.07, 6.45) is 3.79. The van der Waals surface area contributed by atoms with E-state index in [2.05, 4.69) is 31.2 Å². The van der Waals surface area contributed by atoms with Crippen molar-refractivity contribution >= 4 is 5.91 Å². The fourth-order valence-electron chi connectivity index (χ4n) is 2.64. The average Bonchev–Trinajstić information content (AvgIpc) is 2.79. The highest BCUT2D eigenvalue weighted by Gasteiger charge is 2.38. The molecule has 3 heteroatoms. The number of nitrogens with zero attached hydrogens (tertiary/aromatic N) is 1. The van der Waals surface area contributed by atoms with Crippen molar-refractivity contribution in [2.45, 2.75) is 44.7 Å². The molecule has 0 heterocycles. The molecule has 1 amide bonds. The van der Waals surface area contributed by atoms with E-state index < -0.39 is 5.54 Å². The van der Waals surface area contributed by atoms with Gasteiger partial charge in [0.05, 0.1) is 5.54 Å². The van der Waals surface area contributed by atoms with E-state index in [1.165, 1.54) is 5.56 Å². The topological polar surface area (TPSA) is 46.3 Å². The Morgan fingerprint density at radius 1 is 1.28 bits per heavy atom. The summed E-state index contributed by atoms with van der Waals surface area (Å²) in [5.74, 6) is 0.0839. The zero-order valence-corrected chi connectivity index (χ0v) is 11.3. The van der Waals surface area contributed by atoms with Gasteiger partial charge in [-0.05, 0) is 25.3 Å². The lowest BCUT2D eigenvalue weighted by Crippen LogP contribution is -2.52. The maximum atomic E-state index is 12.3. The monoisotopic (exact) mass is 246 g/mol. The van der Waals surface area contributed by atoms with Gasteiger partial charge in [0, 0.05) is 13.6 Å². The second kappa shape index (κ2) is 5.11. The Morgan fingerprint density at radius 3 is 2.39 bits per heavy atom. The maximum absolute atomic E-state index is 12.3. The zero-order valence-electron chi connectivity index (χ0n) is 11.3. The van der Waals surface area contributed by atoms with Crippen molar-refractivity contribution < 1.29 is 4.79 Å². The molecule has 0 unspecified atom stereocenters. The fraction of sp³-hybridized carbons (Fsp3) is 0.533. The number of carbonyl (C=O) groups excluding carboxylic acids is 1. The van der Waals surface area contributed by atoms with E-state index in [1.807, 2.05) is 7.05 Å². The van der Waals surface area contributed by atoms with Gasteiger partial charge in [-0.1, -0.05) is 42.7 Å². The van der Waals surface area contributed by atoms with Crippen LogP contribution in [0.2, 0.25) is 0 Å². The average molecular weight is 246 g/mol. The number of carbonyl (C=O) groups is 1. The van der Waals surface area contributed by atoms with Gasteiger partial charge < -0.3 is 10.6 Å². The lowest BCUT2D eigenvalue weighted by molar-refractivity contribution is -0.136. The number of hydrogen-bond acceptors (Lipinski definition) is 2. The summed E-state index contributed by atoms with van der Waals surface area (Å²) in [4.78, 5) is 14.1. The Hall–Kier alpha value is -1.35. The largest absolute Gasteiger partial charge is 0.340 e. The van der Waals surface area contributed by atoms with Crippen molar-refractivity contribution in [1.82, 2.24) is 4.90 Å². The molecule has 3 nitrogen and oxygen atoms in total. The van der Waals surface area contributed by atoms with Crippen molar-refractivity contribution in [3.8, 4) is 0 Å². The highest BCUT2D eigenvalue weighted by molar-refractivity contribution is 5.86. The number of hydrogen-bond donors (Lipinski definition) is 1. The minimum Gasteiger partial charge on any atom is -0.340 e. The van der Waals surface area contributed by atoms with Gasteiger partial charge in [0.15, 0.2) is 0 Å². The lowest BCUT2D eigenvalue weighted by atomic mass is 9.97. The molecule has 0 aromatic heterocycles. The number of benzene rings is 1. The number of likely N-dealkylation sites (N-methyl/N-ethyl adjacent to an activating group) is 1. The molecule has 1 aliphatic rings. The second-order valence-corrected chi connectivity index (χ2v) is 5.51. The molecule has 1 fully saturated rings. The van der Waals surface area contributed by atoms with Crippen LogP contribution in [0.15, 0.2) is 24.3 Å². The molecule has 2 N–H and O–H groups in total. The van der Waals surface area contributed by atoms with Gasteiger partial charge >= 0.3 is 0 Å². The molecule has 1 aromatic carbocycles. The van der Waals surface area contributed by atoms with E-state index in [9.17, 15) is 4.79 Å². The summed E-state index contributed by atoms with van der Waals surface area (Å²) in [7, 11) is 1.84. The maximum Gasteiger partial charge on any atom is 0.242 e. The molecule has 18 heavy (non-hydrogen) atoms. The van der Waals surface area contributed by atoms with Crippen LogP contribution in [0.3, 0.4) is 0 Å². The van der Waals surface area contributed by atoms with E-state index in [0.29, 0.717) is 6.54 Å². The molecule has 0 aliphatic heterocycles. The van der Waals surface area contributed by atoms with Crippen LogP contribution in [0, 0.1) is 6.92 Å². The van der Waals surface area contributed by atoms with Crippen LogP contribution in [0.4, 0.5) is 0 Å². The Labute approximate surface area is 109 Å². The first kappa shape index (κ1) is 13.1. The van der Waals surface area contributed by atoms with Crippen LogP contribution >= 0.6 is 0 Å². The van der Waals surface area contributed by atoms with Gasteiger partial charge in [0.25, 0.3) is 0 Å². The minimum absolute atomic E-state index is 0.0839. The number of aryl methyl sites for hydroxylation is 1. The fourth-order valence-corrected chi connectivity index (χ4v) is 2.64. The van der Waals surface area contributed by atoms with Crippen molar-refractivity contribution in [2.24, 2.45) is 5.73 Å². The Morgan fingerprint density at radius 2 is 1.83 bits per heavy atom. The number of nitrogens with two attached hydrogens (primary N) is 1. The molecule has 2 rings (SSSR count). The van der Waals surface area contributed by atoms with E-state index in [0.717, 1.165) is 31.2 Å². The molecular weight excluding hydrogens is 224 g/mol. The second-order valence-electron chi connectivity index (χ2n) is 5.51. The van der Waals surface area contributed by atoms with Crippen LogP contribution in [-0.4, -0.2) is 23.4 Å². The summed E-state index contributed by atoms with van der Waals surface area (Å²) in [6.45, 7) is 2.70. The van der Waals surface area contributed by atoms with Gasteiger partial charge in [0.1, 0.15) is 0 Å². The summed E-state index contributed by atoms with van der Waals surface area (Å²) in [5.41, 5.74) is 7.96. The predicted molar refractivity (Wildman–Crippen MR) is 73.0 cm³/mol. The number of rotatable bonds is 3. The van der Waals surface area contributed by atoms with Gasteiger partial charge in [-0.3, -0.25) is 4.79 Å². The molecule has 0 bridgehead atoms. The molecule has 1 aromatic rings. The van der Waals surface area contributed by atoms with E-state index >= 15 is 0 Å². The highest BCUT2D eigenvalue weighted by Crippen LogP contribution is 2.29. The Balaban J connectivity index is 2.01. The molecule has 98 valence electrons. The van der Waals surface area contributed by atoms with E-state index in [-0.39, 0.29) is 5.91 Å². The minimum atomic E-state index is -0.612. The normalized spacial score (nSPS) is 17.7. The molecular formula is C15H22N2O. The van der Waals surface area contributed by atoms with Crippen molar-refractivity contribution in [1.29, 1.82) is 0 Å². The SMILES string of the molecule is Cc1ccc(CN(C)C(=O)C2(N)CCCC2)cc1. The molecule has 0 radical (unpaired) electrons. The van der Waals surface area contributed by atoms with Crippen molar-refractivity contribution in [3.05, 3.63) is 35.4 Å². The summed E-state index contributed by atoms with van der Waals surface area (Å²) < 4.78 is 0. The Bertz CT molecular complexity index is 419. The molecule has 0 spiro atoms. The highest BCUT2D eigenvalue weighted by atomic mass is 16.2. The third-order valence-electron chi connectivity index (χ3n) is 3.81. The quantitative estimate of drug-likeness (QED) is 0.889. The summed E-state index contributed by atoms with van der Waals surface area (Å²) >= 11 is 0. The number of amides is 1. The lowest BCUT2D eigenvalue weighted by Gasteiger charge is -2.28. The molecule has 1 saturated carbocycles. The van der Waals surface area contributed by atoms with Crippen molar-refractivity contribution in [2.75, 3.05) is 7.05 Å². The summed E-state index contributed by atoms with van der Waals surface area (Å²) in [5, 5.41) is 0. The molecule has 1 aliphatic carbocycles. The van der Waals surface area contributed by atoms with Gasteiger partial charge in [-0.2, -0.15) is 0 Å². The van der Waals surface area contributed by atoms with Crippen LogP contribution < -0.4 is 5.73 Å². The van der Waals surface area contributed by atoms with Gasteiger partial charge in [-0.25, -0.2) is 0 Å². The standard InChI is InChI=1S/C15H22N2O/c1-12-5-7-13(8-6-12)11-17(2)14(18)15(16)9-3-4-10-15/h5-8H,3-4,9-11,16H2,1-2H3. The third-order valence-corrected chi connectivity index (χ3v) is 3.81. The zero-order chi connectivity index (χ0) is 13.2. The third kappa shape index (κ3) is 2.72. The van der Waals surface area contributed by atoms with Crippen LogP contribution in [0.1, 0.15) is 36.8 Å². The van der Waals surface area contributed by atoms with E-state index in [1.54, 1.807) is 4.90 Å². The molecule has 0 atom stereocenters.